The molecule has 146 valence electrons. The molecule has 0 bridgehead atoms. The van der Waals surface area contributed by atoms with Crippen LogP contribution in [-0.2, 0) is 17.8 Å². The molecule has 0 aliphatic rings. The van der Waals surface area contributed by atoms with Gasteiger partial charge < -0.3 is 20.3 Å². The first-order valence-electron chi connectivity index (χ1n) is 8.56. The predicted octanol–water partition coefficient (Wildman–Crippen LogP) is 4.18. The fraction of sp³-hybridized carbons (Fsp3) is 0.350. The van der Waals surface area contributed by atoms with E-state index in [1.165, 1.54) is 12.1 Å². The van der Waals surface area contributed by atoms with E-state index >= 15 is 0 Å². The largest absolute Gasteiger partial charge is 0.508 e. The summed E-state index contributed by atoms with van der Waals surface area (Å²) in [5.41, 5.74) is 0.947. The molecule has 0 unspecified atom stereocenters. The highest BCUT2D eigenvalue weighted by atomic mass is 19.1. The third kappa shape index (κ3) is 5.86. The number of aryl methyl sites for hydroxylation is 1. The molecule has 0 aliphatic heterocycles. The van der Waals surface area contributed by atoms with Crippen LogP contribution in [0.15, 0.2) is 30.3 Å². The minimum atomic E-state index is -0.726. The van der Waals surface area contributed by atoms with Crippen LogP contribution in [0.1, 0.15) is 37.5 Å². The van der Waals surface area contributed by atoms with E-state index in [4.69, 9.17) is 4.74 Å². The highest BCUT2D eigenvalue weighted by Gasteiger charge is 2.18. The van der Waals surface area contributed by atoms with E-state index < -0.39 is 17.5 Å². The highest BCUT2D eigenvalue weighted by Crippen LogP contribution is 2.27. The second-order valence-corrected chi connectivity index (χ2v) is 7.28. The zero-order chi connectivity index (χ0) is 20.2. The average molecular weight is 376 g/mol. The smallest absolute Gasteiger partial charge is 0.412 e. The van der Waals surface area contributed by atoms with Crippen LogP contribution in [0.2, 0.25) is 0 Å². The Labute approximate surface area is 158 Å². The number of carbonyl (C=O) groups is 1. The van der Waals surface area contributed by atoms with E-state index in [2.05, 4.69) is 10.6 Å². The van der Waals surface area contributed by atoms with Gasteiger partial charge in [0.2, 0.25) is 0 Å². The van der Waals surface area contributed by atoms with Crippen LogP contribution < -0.4 is 10.6 Å². The lowest BCUT2D eigenvalue weighted by atomic mass is 10.1. The van der Waals surface area contributed by atoms with Gasteiger partial charge in [-0.05, 0) is 45.4 Å². The quantitative estimate of drug-likeness (QED) is 0.628. The zero-order valence-corrected chi connectivity index (χ0v) is 15.9. The summed E-state index contributed by atoms with van der Waals surface area (Å²) in [7, 11) is 0. The maximum absolute atomic E-state index is 14.6. The van der Waals surface area contributed by atoms with Gasteiger partial charge >= 0.3 is 6.09 Å². The van der Waals surface area contributed by atoms with Crippen molar-refractivity contribution in [1.82, 2.24) is 5.32 Å². The summed E-state index contributed by atoms with van der Waals surface area (Å²) in [6.45, 7) is 7.38. The molecule has 0 radical (unpaired) electrons. The molecular formula is C20H25FN2O4. The lowest BCUT2D eigenvalue weighted by Gasteiger charge is -2.20. The van der Waals surface area contributed by atoms with E-state index in [0.717, 1.165) is 0 Å². The van der Waals surface area contributed by atoms with Crippen molar-refractivity contribution in [1.29, 1.82) is 0 Å². The van der Waals surface area contributed by atoms with E-state index in [1.807, 2.05) is 0 Å². The van der Waals surface area contributed by atoms with Crippen LogP contribution in [-0.4, -0.2) is 21.9 Å². The van der Waals surface area contributed by atoms with Crippen molar-refractivity contribution in [3.05, 3.63) is 52.8 Å². The van der Waals surface area contributed by atoms with Gasteiger partial charge in [0.1, 0.15) is 17.1 Å². The zero-order valence-electron chi connectivity index (χ0n) is 15.9. The summed E-state index contributed by atoms with van der Waals surface area (Å²) in [5.74, 6) is -0.573. The molecule has 4 N–H and O–H groups in total. The van der Waals surface area contributed by atoms with E-state index in [9.17, 15) is 19.4 Å². The fourth-order valence-corrected chi connectivity index (χ4v) is 2.45. The molecule has 7 heteroatoms. The normalized spacial score (nSPS) is 11.3. The first-order chi connectivity index (χ1) is 12.6. The second-order valence-electron chi connectivity index (χ2n) is 7.28. The Morgan fingerprint density at radius 1 is 1.11 bits per heavy atom. The average Bonchev–Trinajstić information content (AvgIpc) is 2.54. The Bertz CT molecular complexity index is 831. The van der Waals surface area contributed by atoms with Crippen LogP contribution in [0.5, 0.6) is 11.5 Å². The van der Waals surface area contributed by atoms with Crippen LogP contribution in [0.25, 0.3) is 0 Å². The third-order valence-corrected chi connectivity index (χ3v) is 3.74. The standard InChI is InChI=1S/C20H25FN2O4/c1-12-8-14(17(25)9-16(12)24)11-22-10-13-6-5-7-15(18(13)21)23-19(26)27-20(2,3)4/h5-9,22,24-25H,10-11H2,1-4H3,(H,23,26). The number of halogens is 1. The highest BCUT2D eigenvalue weighted by molar-refractivity contribution is 5.85. The number of hydrogen-bond acceptors (Lipinski definition) is 5. The summed E-state index contributed by atoms with van der Waals surface area (Å²) < 4.78 is 19.7. The summed E-state index contributed by atoms with van der Waals surface area (Å²) in [6.07, 6.45) is -0.726. The molecule has 2 aromatic carbocycles. The number of anilines is 1. The number of rotatable bonds is 5. The van der Waals surface area contributed by atoms with Gasteiger partial charge in [-0.1, -0.05) is 12.1 Å². The molecule has 0 aliphatic carbocycles. The van der Waals surface area contributed by atoms with Gasteiger partial charge in [0, 0.05) is 30.3 Å². The first kappa shape index (κ1) is 20.5. The number of amides is 1. The van der Waals surface area contributed by atoms with Crippen molar-refractivity contribution >= 4 is 11.8 Å². The molecule has 2 aromatic rings. The van der Waals surface area contributed by atoms with Gasteiger partial charge in [0.25, 0.3) is 0 Å². The number of carbonyl (C=O) groups excluding carboxylic acids is 1. The molecule has 0 spiro atoms. The van der Waals surface area contributed by atoms with Crippen molar-refractivity contribution in [3.63, 3.8) is 0 Å². The minimum absolute atomic E-state index is 0.0169. The maximum atomic E-state index is 14.6. The molecule has 0 saturated heterocycles. The lowest BCUT2D eigenvalue weighted by molar-refractivity contribution is 0.0635. The van der Waals surface area contributed by atoms with Gasteiger partial charge in [-0.3, -0.25) is 5.32 Å². The van der Waals surface area contributed by atoms with E-state index in [0.29, 0.717) is 16.7 Å². The van der Waals surface area contributed by atoms with E-state index in [-0.39, 0.29) is 30.3 Å². The van der Waals surface area contributed by atoms with Crippen LogP contribution >= 0.6 is 0 Å². The number of benzene rings is 2. The number of phenols is 2. The molecule has 1 amide bonds. The molecular weight excluding hydrogens is 351 g/mol. The number of phenolic OH excluding ortho intramolecular Hbond substituents is 2. The van der Waals surface area contributed by atoms with Crippen molar-refractivity contribution in [3.8, 4) is 11.5 Å². The molecule has 6 nitrogen and oxygen atoms in total. The summed E-state index contributed by atoms with van der Waals surface area (Å²) in [6, 6.07) is 7.63. The molecule has 0 fully saturated rings. The van der Waals surface area contributed by atoms with Gasteiger partial charge in [0.05, 0.1) is 5.69 Å². The Kier molecular flexibility index (Phi) is 6.28. The molecule has 2 rings (SSSR count). The number of ether oxygens (including phenoxy) is 1. The monoisotopic (exact) mass is 376 g/mol. The molecule has 27 heavy (non-hydrogen) atoms. The topological polar surface area (TPSA) is 90.8 Å². The maximum Gasteiger partial charge on any atom is 0.412 e. The van der Waals surface area contributed by atoms with Gasteiger partial charge in [0.15, 0.2) is 5.82 Å². The van der Waals surface area contributed by atoms with Gasteiger partial charge in [-0.2, -0.15) is 0 Å². The van der Waals surface area contributed by atoms with Crippen molar-refractivity contribution in [2.45, 2.75) is 46.4 Å². The molecule has 0 atom stereocenters. The second kappa shape index (κ2) is 8.26. The van der Waals surface area contributed by atoms with Crippen LogP contribution in [0, 0.1) is 12.7 Å². The third-order valence-electron chi connectivity index (χ3n) is 3.74. The van der Waals surface area contributed by atoms with Gasteiger partial charge in [-0.15, -0.1) is 0 Å². The van der Waals surface area contributed by atoms with Crippen molar-refractivity contribution < 1.29 is 24.1 Å². The predicted molar refractivity (Wildman–Crippen MR) is 101 cm³/mol. The van der Waals surface area contributed by atoms with Gasteiger partial charge in [-0.25, -0.2) is 9.18 Å². The number of hydrogen-bond donors (Lipinski definition) is 4. The summed E-state index contributed by atoms with van der Waals surface area (Å²) >= 11 is 0. The SMILES string of the molecule is Cc1cc(CNCc2cccc(NC(=O)OC(C)(C)C)c2F)c(O)cc1O. The lowest BCUT2D eigenvalue weighted by Crippen LogP contribution is -2.27. The number of nitrogens with one attached hydrogen (secondary N) is 2. The Morgan fingerprint density at radius 3 is 2.44 bits per heavy atom. The first-order valence-corrected chi connectivity index (χ1v) is 8.56. The fourth-order valence-electron chi connectivity index (χ4n) is 2.45. The van der Waals surface area contributed by atoms with Crippen molar-refractivity contribution in [2.75, 3.05) is 5.32 Å². The summed E-state index contributed by atoms with van der Waals surface area (Å²) in [4.78, 5) is 11.8. The minimum Gasteiger partial charge on any atom is -0.508 e. The summed E-state index contributed by atoms with van der Waals surface area (Å²) in [5, 5.41) is 24.9. The van der Waals surface area contributed by atoms with Crippen LogP contribution in [0.3, 0.4) is 0 Å². The Morgan fingerprint density at radius 2 is 1.78 bits per heavy atom. The molecule has 0 heterocycles. The molecule has 0 saturated carbocycles. The number of aromatic hydroxyl groups is 2. The Hall–Kier alpha value is -2.80. The Balaban J connectivity index is 2.01. The van der Waals surface area contributed by atoms with E-state index in [1.54, 1.807) is 45.9 Å². The molecule has 0 aromatic heterocycles. The van der Waals surface area contributed by atoms with Crippen LogP contribution in [0.4, 0.5) is 14.9 Å². The van der Waals surface area contributed by atoms with Crippen molar-refractivity contribution in [2.24, 2.45) is 0 Å².